The second-order valence-electron chi connectivity index (χ2n) is 5.64. The fourth-order valence-electron chi connectivity index (χ4n) is 2.54. The molecule has 138 valence electrons. The van der Waals surface area contributed by atoms with E-state index in [-0.39, 0.29) is 23.6 Å². The smallest absolute Gasteiger partial charge is 0.403 e. The van der Waals surface area contributed by atoms with Gasteiger partial charge in [0.2, 0.25) is 5.96 Å². The largest absolute Gasteiger partial charge is 0.573 e. The van der Waals surface area contributed by atoms with Crippen molar-refractivity contribution in [2.24, 2.45) is 21.5 Å². The lowest BCUT2D eigenvalue weighted by molar-refractivity contribution is -0.275. The number of guanidine groups is 2. The number of benzene rings is 1. The number of ether oxygens (including phenoxy) is 1. The van der Waals surface area contributed by atoms with E-state index in [0.29, 0.717) is 0 Å². The fourth-order valence-corrected chi connectivity index (χ4v) is 2.54. The Morgan fingerprint density at radius 3 is 2.60 bits per heavy atom. The zero-order valence-corrected chi connectivity index (χ0v) is 13.6. The predicted molar refractivity (Wildman–Crippen MR) is 86.0 cm³/mol. The van der Waals surface area contributed by atoms with Gasteiger partial charge in [0.25, 0.3) is 0 Å². The molecule has 0 bridgehead atoms. The summed E-state index contributed by atoms with van der Waals surface area (Å²) in [6.45, 7) is 2.77. The van der Waals surface area contributed by atoms with Gasteiger partial charge in [-0.1, -0.05) is 0 Å². The number of hydrogen-bond donors (Lipinski definition) is 2. The Morgan fingerprint density at radius 1 is 1.28 bits per heavy atom. The Balaban J connectivity index is 2.13. The van der Waals surface area contributed by atoms with Crippen molar-refractivity contribution in [3.05, 3.63) is 24.0 Å². The van der Waals surface area contributed by atoms with Crippen LogP contribution in [0.15, 0.2) is 28.2 Å². The monoisotopic (exact) mass is 361 g/mol. The molecule has 0 aliphatic carbocycles. The molecule has 6 nitrogen and oxygen atoms in total. The topological polar surface area (TPSA) is 89.2 Å². The van der Waals surface area contributed by atoms with Crippen LogP contribution in [0, 0.1) is 5.82 Å². The summed E-state index contributed by atoms with van der Waals surface area (Å²) in [5.41, 5.74) is 11.6. The number of hydrogen-bond acceptors (Lipinski definition) is 2. The lowest BCUT2D eigenvalue weighted by Gasteiger charge is -2.34. The molecule has 1 aromatic rings. The van der Waals surface area contributed by atoms with Crippen molar-refractivity contribution in [2.45, 2.75) is 38.6 Å². The Bertz CT molecular complexity index is 674. The molecule has 1 aliphatic heterocycles. The minimum absolute atomic E-state index is 0.00670. The molecule has 10 heteroatoms. The van der Waals surface area contributed by atoms with Gasteiger partial charge in [-0.2, -0.15) is 4.99 Å². The number of likely N-dealkylation sites (tertiary alicyclic amines) is 1. The van der Waals surface area contributed by atoms with Crippen LogP contribution in [0.5, 0.6) is 5.75 Å². The van der Waals surface area contributed by atoms with Crippen molar-refractivity contribution in [3.8, 4) is 5.75 Å². The number of nitrogens with zero attached hydrogens (tertiary/aromatic N) is 3. The van der Waals surface area contributed by atoms with Gasteiger partial charge < -0.3 is 21.1 Å². The third kappa shape index (κ3) is 5.50. The number of aliphatic imine (C=N–C) groups is 2. The zero-order valence-electron chi connectivity index (χ0n) is 13.6. The average Bonchev–Trinajstić information content (AvgIpc) is 2.49. The summed E-state index contributed by atoms with van der Waals surface area (Å²) in [4.78, 5) is 9.71. The molecule has 1 unspecified atom stereocenters. The maximum atomic E-state index is 13.6. The average molecular weight is 361 g/mol. The standard InChI is InChI=1S/C15H19F4N5O/c1-9-4-2-3-7-24(9)14(21)23-13(20)22-10-5-6-12(11(16)8-10)25-15(17,18)19/h5-6,8-9H,2-4,7H2,1H3,(H4,20,21,22,23). The minimum atomic E-state index is -4.98. The van der Waals surface area contributed by atoms with Gasteiger partial charge in [0.15, 0.2) is 17.5 Å². The van der Waals surface area contributed by atoms with Crippen LogP contribution in [-0.2, 0) is 0 Å². The SMILES string of the molecule is CC1CCCCN1/C(N)=N\C(N)=Nc1ccc(OC(F)(F)F)c(F)c1. The lowest BCUT2D eigenvalue weighted by atomic mass is 10.0. The van der Waals surface area contributed by atoms with Crippen LogP contribution in [-0.4, -0.2) is 35.8 Å². The maximum absolute atomic E-state index is 13.6. The molecule has 0 saturated carbocycles. The number of halogens is 4. The quantitative estimate of drug-likeness (QED) is 0.482. The molecular weight excluding hydrogens is 342 g/mol. The second kappa shape index (κ2) is 7.58. The van der Waals surface area contributed by atoms with Gasteiger partial charge in [-0.25, -0.2) is 9.38 Å². The molecule has 1 heterocycles. The molecule has 1 saturated heterocycles. The van der Waals surface area contributed by atoms with Crippen LogP contribution >= 0.6 is 0 Å². The van der Waals surface area contributed by atoms with Crippen molar-refractivity contribution in [2.75, 3.05) is 6.54 Å². The van der Waals surface area contributed by atoms with Crippen LogP contribution in [0.25, 0.3) is 0 Å². The van der Waals surface area contributed by atoms with Crippen molar-refractivity contribution in [3.63, 3.8) is 0 Å². The molecule has 1 aromatic carbocycles. The fraction of sp³-hybridized carbons (Fsp3) is 0.467. The molecule has 1 fully saturated rings. The Labute approximate surface area is 142 Å². The molecule has 2 rings (SSSR count). The summed E-state index contributed by atoms with van der Waals surface area (Å²) in [6.07, 6.45) is -1.89. The third-order valence-corrected chi connectivity index (χ3v) is 3.71. The van der Waals surface area contributed by atoms with Crippen LogP contribution in [0.4, 0.5) is 23.2 Å². The number of nitrogens with two attached hydrogens (primary N) is 2. The van der Waals surface area contributed by atoms with E-state index in [1.54, 1.807) is 0 Å². The van der Waals surface area contributed by atoms with E-state index in [4.69, 9.17) is 11.5 Å². The van der Waals surface area contributed by atoms with Crippen LogP contribution < -0.4 is 16.2 Å². The molecule has 0 aromatic heterocycles. The highest BCUT2D eigenvalue weighted by atomic mass is 19.4. The van der Waals surface area contributed by atoms with Gasteiger partial charge in [0, 0.05) is 18.7 Å². The van der Waals surface area contributed by atoms with Crippen LogP contribution in [0.2, 0.25) is 0 Å². The summed E-state index contributed by atoms with van der Waals surface area (Å²) in [5.74, 6) is -2.19. The zero-order chi connectivity index (χ0) is 18.6. The summed E-state index contributed by atoms with van der Waals surface area (Å²) in [6, 6.07) is 2.94. The van der Waals surface area contributed by atoms with E-state index in [0.717, 1.165) is 44.0 Å². The maximum Gasteiger partial charge on any atom is 0.573 e. The molecule has 0 spiro atoms. The van der Waals surface area contributed by atoms with Gasteiger partial charge >= 0.3 is 6.36 Å². The highest BCUT2D eigenvalue weighted by molar-refractivity contribution is 5.94. The Kier molecular flexibility index (Phi) is 5.70. The van der Waals surface area contributed by atoms with E-state index >= 15 is 0 Å². The minimum Gasteiger partial charge on any atom is -0.403 e. The van der Waals surface area contributed by atoms with Crippen molar-refractivity contribution < 1.29 is 22.3 Å². The van der Waals surface area contributed by atoms with E-state index in [9.17, 15) is 17.6 Å². The van der Waals surface area contributed by atoms with Gasteiger partial charge in [-0.15, -0.1) is 13.2 Å². The Hall–Kier alpha value is -2.52. The van der Waals surface area contributed by atoms with Crippen LogP contribution in [0.3, 0.4) is 0 Å². The molecule has 1 atom stereocenters. The van der Waals surface area contributed by atoms with Gasteiger partial charge in [0.1, 0.15) is 0 Å². The molecule has 1 aliphatic rings. The first-order valence-electron chi connectivity index (χ1n) is 7.66. The number of alkyl halides is 3. The summed E-state index contributed by atoms with van der Waals surface area (Å²) >= 11 is 0. The normalized spacial score (nSPS) is 19.9. The summed E-state index contributed by atoms with van der Waals surface area (Å²) < 4.78 is 53.5. The van der Waals surface area contributed by atoms with E-state index < -0.39 is 17.9 Å². The van der Waals surface area contributed by atoms with E-state index in [1.165, 1.54) is 0 Å². The van der Waals surface area contributed by atoms with E-state index in [1.807, 2.05) is 11.8 Å². The van der Waals surface area contributed by atoms with Gasteiger partial charge in [0.05, 0.1) is 5.69 Å². The molecule has 0 radical (unpaired) electrons. The summed E-state index contributed by atoms with van der Waals surface area (Å²) in [5, 5.41) is 0. The molecular formula is C15H19F4N5O. The second-order valence-corrected chi connectivity index (χ2v) is 5.64. The molecule has 25 heavy (non-hydrogen) atoms. The first-order chi connectivity index (χ1) is 11.7. The highest BCUT2D eigenvalue weighted by Gasteiger charge is 2.32. The van der Waals surface area contributed by atoms with E-state index in [2.05, 4.69) is 14.7 Å². The van der Waals surface area contributed by atoms with Crippen molar-refractivity contribution in [1.82, 2.24) is 4.90 Å². The lowest BCUT2D eigenvalue weighted by Crippen LogP contribution is -2.46. The van der Waals surface area contributed by atoms with Crippen LogP contribution in [0.1, 0.15) is 26.2 Å². The van der Waals surface area contributed by atoms with Crippen molar-refractivity contribution in [1.29, 1.82) is 0 Å². The molecule has 4 N–H and O–H groups in total. The number of rotatable bonds is 2. The first-order valence-corrected chi connectivity index (χ1v) is 7.66. The summed E-state index contributed by atoms with van der Waals surface area (Å²) in [7, 11) is 0. The van der Waals surface area contributed by atoms with Crippen molar-refractivity contribution >= 4 is 17.6 Å². The highest BCUT2D eigenvalue weighted by Crippen LogP contribution is 2.28. The first kappa shape index (κ1) is 18.8. The molecule has 0 amide bonds. The third-order valence-electron chi connectivity index (χ3n) is 3.71. The van der Waals surface area contributed by atoms with Gasteiger partial charge in [-0.05, 0) is 38.3 Å². The Morgan fingerprint density at radius 2 is 2.00 bits per heavy atom. The number of piperidine rings is 1. The van der Waals surface area contributed by atoms with Gasteiger partial charge in [-0.3, -0.25) is 0 Å². The predicted octanol–water partition coefficient (Wildman–Crippen LogP) is 2.86.